The van der Waals surface area contributed by atoms with Gasteiger partial charge in [-0.25, -0.2) is 4.98 Å². The van der Waals surface area contributed by atoms with Crippen molar-refractivity contribution >= 4 is 5.91 Å². The zero-order chi connectivity index (χ0) is 11.3. The second kappa shape index (κ2) is 5.48. The van der Waals surface area contributed by atoms with Gasteiger partial charge in [0.2, 0.25) is 5.91 Å². The van der Waals surface area contributed by atoms with Gasteiger partial charge in [0.1, 0.15) is 12.7 Å². The molecule has 5 nitrogen and oxygen atoms in total. The first-order valence-electron chi connectivity index (χ1n) is 5.21. The Balaban J connectivity index is 2.25. The number of rotatable bonds is 5. The van der Waals surface area contributed by atoms with E-state index in [-0.39, 0.29) is 11.9 Å². The molecule has 15 heavy (non-hydrogen) atoms. The van der Waals surface area contributed by atoms with Gasteiger partial charge in [0.05, 0.1) is 6.54 Å². The predicted molar refractivity (Wildman–Crippen MR) is 57.1 cm³/mol. The second-order valence-electron chi connectivity index (χ2n) is 4.01. The first kappa shape index (κ1) is 11.7. The number of amides is 1. The Morgan fingerprint density at radius 2 is 2.20 bits per heavy atom. The van der Waals surface area contributed by atoms with Crippen LogP contribution >= 0.6 is 0 Å². The summed E-state index contributed by atoms with van der Waals surface area (Å²) in [4.78, 5) is 15.3. The van der Waals surface area contributed by atoms with Crippen molar-refractivity contribution in [2.75, 3.05) is 0 Å². The van der Waals surface area contributed by atoms with Crippen molar-refractivity contribution in [1.29, 1.82) is 0 Å². The van der Waals surface area contributed by atoms with E-state index in [1.54, 1.807) is 11.0 Å². The molecule has 1 atom stereocenters. The molecular formula is C10H18N4O. The molecule has 0 aliphatic heterocycles. The van der Waals surface area contributed by atoms with Crippen molar-refractivity contribution in [1.82, 2.24) is 20.1 Å². The summed E-state index contributed by atoms with van der Waals surface area (Å²) in [7, 11) is 0. The molecule has 1 heterocycles. The third-order valence-corrected chi connectivity index (χ3v) is 2.42. The quantitative estimate of drug-likeness (QED) is 0.783. The number of hydrogen-bond donors (Lipinski definition) is 1. The summed E-state index contributed by atoms with van der Waals surface area (Å²) in [6, 6.07) is 0.216. The van der Waals surface area contributed by atoms with E-state index in [1.165, 1.54) is 6.33 Å². The van der Waals surface area contributed by atoms with E-state index in [0.717, 1.165) is 0 Å². The van der Waals surface area contributed by atoms with Gasteiger partial charge in [-0.05, 0) is 12.8 Å². The van der Waals surface area contributed by atoms with Crippen LogP contribution in [0.25, 0.3) is 0 Å². The molecule has 84 valence electrons. The van der Waals surface area contributed by atoms with Crippen LogP contribution in [0, 0.1) is 5.92 Å². The molecule has 0 aliphatic carbocycles. The number of aromatic nitrogens is 3. The van der Waals surface area contributed by atoms with Crippen LogP contribution in [0.4, 0.5) is 0 Å². The average molecular weight is 210 g/mol. The minimum Gasteiger partial charge on any atom is -0.353 e. The van der Waals surface area contributed by atoms with Crippen LogP contribution < -0.4 is 5.32 Å². The van der Waals surface area contributed by atoms with E-state index in [0.29, 0.717) is 18.9 Å². The van der Waals surface area contributed by atoms with E-state index >= 15 is 0 Å². The van der Waals surface area contributed by atoms with Gasteiger partial charge in [-0.15, -0.1) is 0 Å². The van der Waals surface area contributed by atoms with Crippen molar-refractivity contribution in [2.24, 2.45) is 5.92 Å². The second-order valence-corrected chi connectivity index (χ2v) is 4.01. The maximum atomic E-state index is 11.5. The van der Waals surface area contributed by atoms with Crippen LogP contribution in [0.1, 0.15) is 27.2 Å². The summed E-state index contributed by atoms with van der Waals surface area (Å²) in [5.74, 6) is 0.520. The molecular weight excluding hydrogens is 192 g/mol. The molecule has 0 saturated heterocycles. The summed E-state index contributed by atoms with van der Waals surface area (Å²) >= 11 is 0. The van der Waals surface area contributed by atoms with Crippen LogP contribution in [-0.4, -0.2) is 26.7 Å². The molecule has 5 heteroatoms. The highest BCUT2D eigenvalue weighted by molar-refractivity contribution is 5.76. The topological polar surface area (TPSA) is 59.8 Å². The van der Waals surface area contributed by atoms with E-state index < -0.39 is 0 Å². The molecule has 0 bridgehead atoms. The summed E-state index contributed by atoms with van der Waals surface area (Å²) < 4.78 is 1.65. The molecule has 0 unspecified atom stereocenters. The van der Waals surface area contributed by atoms with Crippen molar-refractivity contribution in [3.05, 3.63) is 12.7 Å². The lowest BCUT2D eigenvalue weighted by Crippen LogP contribution is -2.36. The molecule has 0 radical (unpaired) electrons. The van der Waals surface area contributed by atoms with Crippen LogP contribution in [-0.2, 0) is 11.3 Å². The van der Waals surface area contributed by atoms with Gasteiger partial charge in [-0.1, -0.05) is 13.8 Å². The van der Waals surface area contributed by atoms with Gasteiger partial charge in [-0.2, -0.15) is 5.10 Å². The molecule has 1 N–H and O–H groups in total. The number of nitrogens with zero attached hydrogens (tertiary/aromatic N) is 3. The third-order valence-electron chi connectivity index (χ3n) is 2.42. The van der Waals surface area contributed by atoms with Crippen LogP contribution in [0.15, 0.2) is 12.7 Å². The molecule has 1 rings (SSSR count). The molecule has 0 fully saturated rings. The van der Waals surface area contributed by atoms with Gasteiger partial charge in [0.25, 0.3) is 0 Å². The Hall–Kier alpha value is -1.39. The Morgan fingerprint density at radius 1 is 1.47 bits per heavy atom. The first-order chi connectivity index (χ1) is 7.09. The fourth-order valence-corrected chi connectivity index (χ4v) is 1.06. The lowest BCUT2D eigenvalue weighted by atomic mass is 10.1. The van der Waals surface area contributed by atoms with Crippen LogP contribution in [0.5, 0.6) is 0 Å². The standard InChI is InChI=1S/C10H18N4O/c1-8(2)9(3)13-10(15)4-5-14-7-11-6-12-14/h6-9H,4-5H2,1-3H3,(H,13,15)/t9-/m0/s1. The molecule has 1 aromatic rings. The number of nitrogens with one attached hydrogen (secondary N) is 1. The first-order valence-corrected chi connectivity index (χ1v) is 5.21. The summed E-state index contributed by atoms with van der Waals surface area (Å²) in [5.41, 5.74) is 0. The summed E-state index contributed by atoms with van der Waals surface area (Å²) in [5, 5.41) is 6.87. The Kier molecular flexibility index (Phi) is 4.27. The SMILES string of the molecule is CC(C)[C@H](C)NC(=O)CCn1cncn1. The average Bonchev–Trinajstić information content (AvgIpc) is 2.66. The smallest absolute Gasteiger partial charge is 0.222 e. The Labute approximate surface area is 89.9 Å². The molecule has 0 aromatic carbocycles. The van der Waals surface area contributed by atoms with Crippen molar-refractivity contribution in [3.8, 4) is 0 Å². The van der Waals surface area contributed by atoms with Gasteiger partial charge in [0.15, 0.2) is 0 Å². The van der Waals surface area contributed by atoms with Crippen LogP contribution in [0.3, 0.4) is 0 Å². The molecule has 1 aromatic heterocycles. The maximum Gasteiger partial charge on any atom is 0.222 e. The van der Waals surface area contributed by atoms with Crippen LogP contribution in [0.2, 0.25) is 0 Å². The Bertz CT molecular complexity index is 294. The van der Waals surface area contributed by atoms with Crippen molar-refractivity contribution in [2.45, 2.75) is 39.8 Å². The minimum absolute atomic E-state index is 0.0618. The largest absolute Gasteiger partial charge is 0.353 e. The maximum absolute atomic E-state index is 11.5. The van der Waals surface area contributed by atoms with E-state index in [4.69, 9.17) is 0 Å². The fraction of sp³-hybridized carbons (Fsp3) is 0.700. The van der Waals surface area contributed by atoms with E-state index in [1.807, 2.05) is 6.92 Å². The molecule has 0 spiro atoms. The third kappa shape index (κ3) is 4.10. The van der Waals surface area contributed by atoms with E-state index in [9.17, 15) is 4.79 Å². The Morgan fingerprint density at radius 3 is 2.73 bits per heavy atom. The van der Waals surface area contributed by atoms with Gasteiger partial charge in [0, 0.05) is 12.5 Å². The highest BCUT2D eigenvalue weighted by atomic mass is 16.1. The monoisotopic (exact) mass is 210 g/mol. The lowest BCUT2D eigenvalue weighted by Gasteiger charge is -2.17. The zero-order valence-electron chi connectivity index (χ0n) is 9.47. The number of aryl methyl sites for hydroxylation is 1. The van der Waals surface area contributed by atoms with E-state index in [2.05, 4.69) is 29.2 Å². The minimum atomic E-state index is 0.0618. The highest BCUT2D eigenvalue weighted by Gasteiger charge is 2.10. The fourth-order valence-electron chi connectivity index (χ4n) is 1.06. The normalized spacial score (nSPS) is 12.8. The number of carbonyl (C=O) groups excluding carboxylic acids is 1. The predicted octanol–water partition coefficient (Wildman–Crippen LogP) is 0.829. The van der Waals surface area contributed by atoms with Crippen molar-refractivity contribution in [3.63, 3.8) is 0 Å². The lowest BCUT2D eigenvalue weighted by molar-refractivity contribution is -0.122. The van der Waals surface area contributed by atoms with Gasteiger partial charge < -0.3 is 5.32 Å². The van der Waals surface area contributed by atoms with Gasteiger partial charge in [-0.3, -0.25) is 9.48 Å². The number of hydrogen-bond acceptors (Lipinski definition) is 3. The summed E-state index contributed by atoms with van der Waals surface area (Å²) in [6.07, 6.45) is 3.52. The highest BCUT2D eigenvalue weighted by Crippen LogP contribution is 2.00. The van der Waals surface area contributed by atoms with Gasteiger partial charge >= 0.3 is 0 Å². The number of carbonyl (C=O) groups is 1. The summed E-state index contributed by atoms with van der Waals surface area (Å²) in [6.45, 7) is 6.76. The molecule has 0 aliphatic rings. The molecule has 0 saturated carbocycles. The zero-order valence-corrected chi connectivity index (χ0v) is 9.47. The molecule has 1 amide bonds. The van der Waals surface area contributed by atoms with Crippen molar-refractivity contribution < 1.29 is 4.79 Å².